The number of hydroxylamine groups is 2. The fourth-order valence-corrected chi connectivity index (χ4v) is 5.83. The Morgan fingerprint density at radius 1 is 0.977 bits per heavy atom. The van der Waals surface area contributed by atoms with Gasteiger partial charge in [-0.25, -0.2) is 4.39 Å². The van der Waals surface area contributed by atoms with E-state index in [1.54, 1.807) is 26.2 Å². The van der Waals surface area contributed by atoms with E-state index in [4.69, 9.17) is 14.6 Å². The molecule has 0 N–H and O–H groups in total. The molecule has 1 aliphatic heterocycles. The normalized spacial score (nSPS) is 16.0. The summed E-state index contributed by atoms with van der Waals surface area (Å²) in [5, 5.41) is 1.85. The number of piperidine rings is 1. The standard InChI is InChI=1S/C36H48FN3O3/c1-24-31(29-14-10-27(11-15-29)22-40(42-9)23-28-12-16-30(37)17-13-28)33(39-20-18-36(7,8)19-21-39)32(25(2)38-24)34(26(3)41)43-35(4,5)6/h10-17,34H,18-23H2,1-9H3/t34-/m1/s1. The molecule has 232 valence electrons. The van der Waals surface area contributed by atoms with Gasteiger partial charge in [0.15, 0.2) is 5.78 Å². The number of aromatic nitrogens is 1. The molecular weight excluding hydrogens is 541 g/mol. The fraction of sp³-hybridized carbons (Fsp3) is 0.500. The zero-order valence-corrected chi connectivity index (χ0v) is 27.4. The molecule has 0 spiro atoms. The van der Waals surface area contributed by atoms with Crippen LogP contribution in [0, 0.1) is 25.1 Å². The molecule has 43 heavy (non-hydrogen) atoms. The van der Waals surface area contributed by atoms with Crippen molar-refractivity contribution in [2.75, 3.05) is 25.1 Å². The number of ketones is 1. The number of carbonyl (C=O) groups excluding carboxylic acids is 1. The summed E-state index contributed by atoms with van der Waals surface area (Å²) in [6, 6.07) is 15.0. The fourth-order valence-electron chi connectivity index (χ4n) is 5.83. The lowest BCUT2D eigenvalue weighted by Crippen LogP contribution is -2.39. The second kappa shape index (κ2) is 13.2. The van der Waals surface area contributed by atoms with Crippen LogP contribution in [0.25, 0.3) is 11.1 Å². The molecule has 0 unspecified atom stereocenters. The molecule has 7 heteroatoms. The second-order valence-corrected chi connectivity index (χ2v) is 13.6. The smallest absolute Gasteiger partial charge is 0.163 e. The van der Waals surface area contributed by atoms with Crippen LogP contribution in [-0.4, -0.2) is 41.6 Å². The molecule has 2 heterocycles. The number of hydrogen-bond acceptors (Lipinski definition) is 6. The molecule has 1 aliphatic rings. The van der Waals surface area contributed by atoms with Gasteiger partial charge in [-0.2, -0.15) is 5.06 Å². The summed E-state index contributed by atoms with van der Waals surface area (Å²) in [4.78, 5) is 26.2. The van der Waals surface area contributed by atoms with E-state index >= 15 is 0 Å². The summed E-state index contributed by atoms with van der Waals surface area (Å²) < 4.78 is 19.8. The van der Waals surface area contributed by atoms with Gasteiger partial charge in [-0.3, -0.25) is 9.78 Å². The van der Waals surface area contributed by atoms with Crippen molar-refractivity contribution < 1.29 is 18.8 Å². The maximum Gasteiger partial charge on any atom is 0.163 e. The molecule has 3 aromatic rings. The van der Waals surface area contributed by atoms with Gasteiger partial charge >= 0.3 is 0 Å². The topological polar surface area (TPSA) is 54.9 Å². The first-order valence-electron chi connectivity index (χ1n) is 15.2. The van der Waals surface area contributed by atoms with Gasteiger partial charge in [-0.15, -0.1) is 0 Å². The van der Waals surface area contributed by atoms with Crippen molar-refractivity contribution in [1.82, 2.24) is 10.0 Å². The van der Waals surface area contributed by atoms with Crippen LogP contribution in [0.15, 0.2) is 48.5 Å². The molecule has 0 bridgehead atoms. The molecule has 1 saturated heterocycles. The minimum atomic E-state index is -0.710. The van der Waals surface area contributed by atoms with Crippen LogP contribution in [0.3, 0.4) is 0 Å². The first-order valence-corrected chi connectivity index (χ1v) is 15.2. The number of rotatable bonds is 10. The molecule has 1 aromatic heterocycles. The number of aryl methyl sites for hydroxylation is 2. The van der Waals surface area contributed by atoms with Gasteiger partial charge in [-0.05, 0) is 88.6 Å². The van der Waals surface area contributed by atoms with E-state index in [1.807, 2.05) is 32.8 Å². The van der Waals surface area contributed by atoms with Gasteiger partial charge < -0.3 is 14.5 Å². The SMILES string of the molecule is CON(Cc1ccc(F)cc1)Cc1ccc(-c2c(C)nc(C)c([C@H](OC(C)(C)C)C(C)=O)c2N2CCC(C)(C)CC2)cc1. The molecule has 0 saturated carbocycles. The van der Waals surface area contributed by atoms with Crippen molar-refractivity contribution in [3.8, 4) is 11.1 Å². The first kappa shape index (κ1) is 32.8. The minimum Gasteiger partial charge on any atom is -0.371 e. The maximum absolute atomic E-state index is 13.4. The predicted octanol–water partition coefficient (Wildman–Crippen LogP) is 8.14. The zero-order valence-electron chi connectivity index (χ0n) is 27.4. The average Bonchev–Trinajstić information content (AvgIpc) is 2.92. The minimum absolute atomic E-state index is 0.0237. The van der Waals surface area contributed by atoms with E-state index in [1.165, 1.54) is 12.1 Å². The Morgan fingerprint density at radius 3 is 2.00 bits per heavy atom. The number of Topliss-reactive ketones (excluding diaryl/α,β-unsaturated/α-hetero) is 1. The third-order valence-electron chi connectivity index (χ3n) is 8.25. The van der Waals surface area contributed by atoms with Gasteiger partial charge in [0.1, 0.15) is 11.9 Å². The maximum atomic E-state index is 13.4. The van der Waals surface area contributed by atoms with Crippen molar-refractivity contribution in [3.05, 3.63) is 82.4 Å². The first-order chi connectivity index (χ1) is 20.2. The molecule has 0 aliphatic carbocycles. The number of halogens is 1. The van der Waals surface area contributed by atoms with E-state index in [0.29, 0.717) is 13.1 Å². The van der Waals surface area contributed by atoms with E-state index < -0.39 is 11.7 Å². The Hall–Kier alpha value is -3.13. The number of anilines is 1. The lowest BCUT2D eigenvalue weighted by Gasteiger charge is -2.41. The largest absolute Gasteiger partial charge is 0.371 e. The highest BCUT2D eigenvalue weighted by molar-refractivity contribution is 5.90. The molecular formula is C36H48FN3O3. The third-order valence-corrected chi connectivity index (χ3v) is 8.25. The number of pyridine rings is 1. The summed E-state index contributed by atoms with van der Waals surface area (Å²) >= 11 is 0. The lowest BCUT2D eigenvalue weighted by atomic mass is 9.81. The summed E-state index contributed by atoms with van der Waals surface area (Å²) in [5.41, 5.74) is 7.63. The highest BCUT2D eigenvalue weighted by Crippen LogP contribution is 2.45. The molecule has 1 fully saturated rings. The van der Waals surface area contributed by atoms with Crippen molar-refractivity contribution in [2.24, 2.45) is 5.41 Å². The Bertz CT molecular complexity index is 1400. The second-order valence-electron chi connectivity index (χ2n) is 13.6. The van der Waals surface area contributed by atoms with Crippen LogP contribution >= 0.6 is 0 Å². The number of ether oxygens (including phenoxy) is 1. The highest BCUT2D eigenvalue weighted by atomic mass is 19.1. The Kier molecular flexibility index (Phi) is 10.1. The highest BCUT2D eigenvalue weighted by Gasteiger charge is 2.35. The Balaban J connectivity index is 1.75. The Labute approximate surface area is 257 Å². The summed E-state index contributed by atoms with van der Waals surface area (Å²) in [5.74, 6) is -0.274. The van der Waals surface area contributed by atoms with Gasteiger partial charge in [0.2, 0.25) is 0 Å². The van der Waals surface area contributed by atoms with E-state index in [-0.39, 0.29) is 17.0 Å². The Morgan fingerprint density at radius 2 is 1.51 bits per heavy atom. The summed E-state index contributed by atoms with van der Waals surface area (Å²) in [6.07, 6.45) is 1.42. The van der Waals surface area contributed by atoms with E-state index in [9.17, 15) is 9.18 Å². The predicted molar refractivity (Wildman–Crippen MR) is 171 cm³/mol. The monoisotopic (exact) mass is 589 g/mol. The van der Waals surface area contributed by atoms with E-state index in [0.717, 1.165) is 70.8 Å². The van der Waals surface area contributed by atoms with Crippen LogP contribution in [0.1, 0.15) is 88.6 Å². The summed E-state index contributed by atoms with van der Waals surface area (Å²) in [7, 11) is 1.65. The lowest BCUT2D eigenvalue weighted by molar-refractivity contribution is -0.146. The van der Waals surface area contributed by atoms with Crippen LogP contribution in [0.2, 0.25) is 0 Å². The van der Waals surface area contributed by atoms with Crippen LogP contribution in [0.5, 0.6) is 0 Å². The van der Waals surface area contributed by atoms with Gasteiger partial charge in [-0.1, -0.05) is 50.2 Å². The molecule has 6 nitrogen and oxygen atoms in total. The third kappa shape index (κ3) is 8.28. The van der Waals surface area contributed by atoms with Crippen molar-refractivity contribution in [1.29, 1.82) is 0 Å². The molecule has 0 amide bonds. The molecule has 1 atom stereocenters. The van der Waals surface area contributed by atoms with Crippen molar-refractivity contribution >= 4 is 11.5 Å². The average molecular weight is 590 g/mol. The molecule has 4 rings (SSSR count). The zero-order chi connectivity index (χ0) is 31.5. The number of carbonyl (C=O) groups is 1. The molecule has 0 radical (unpaired) electrons. The quantitative estimate of drug-likeness (QED) is 0.223. The molecule has 2 aromatic carbocycles. The van der Waals surface area contributed by atoms with Crippen molar-refractivity contribution in [2.45, 2.75) is 93.0 Å². The van der Waals surface area contributed by atoms with Crippen LogP contribution in [0.4, 0.5) is 10.1 Å². The number of nitrogens with zero attached hydrogens (tertiary/aromatic N) is 3. The van der Waals surface area contributed by atoms with E-state index in [2.05, 4.69) is 49.9 Å². The van der Waals surface area contributed by atoms with Crippen molar-refractivity contribution in [3.63, 3.8) is 0 Å². The number of benzene rings is 2. The van der Waals surface area contributed by atoms with Crippen LogP contribution in [-0.2, 0) is 27.5 Å². The number of hydrogen-bond donors (Lipinski definition) is 0. The van der Waals surface area contributed by atoms with Gasteiger partial charge in [0.25, 0.3) is 0 Å². The van der Waals surface area contributed by atoms with Crippen LogP contribution < -0.4 is 4.90 Å². The van der Waals surface area contributed by atoms with Gasteiger partial charge in [0, 0.05) is 48.7 Å². The summed E-state index contributed by atoms with van der Waals surface area (Å²) in [6.45, 7) is 19.2. The van der Waals surface area contributed by atoms with Gasteiger partial charge in [0.05, 0.1) is 18.4 Å².